The fourth-order valence-corrected chi connectivity index (χ4v) is 3.36. The Balaban J connectivity index is 2.27. The van der Waals surface area contributed by atoms with Crippen molar-refractivity contribution in [2.24, 2.45) is 0 Å². The number of hydrogen-bond donors (Lipinski definition) is 1. The molecule has 0 heterocycles. The Labute approximate surface area is 157 Å². The minimum absolute atomic E-state index is 0.0282. The summed E-state index contributed by atoms with van der Waals surface area (Å²) in [4.78, 5) is 12.4. The summed E-state index contributed by atoms with van der Waals surface area (Å²) in [5.74, 6) is 1.91. The molecule has 6 heteroatoms. The van der Waals surface area contributed by atoms with Gasteiger partial charge in [-0.1, -0.05) is 12.1 Å². The van der Waals surface area contributed by atoms with Crippen LogP contribution in [-0.4, -0.2) is 39.3 Å². The van der Waals surface area contributed by atoms with Gasteiger partial charge in [0.15, 0.2) is 23.0 Å². The van der Waals surface area contributed by atoms with Crippen LogP contribution in [0, 0.1) is 0 Å². The number of phenols is 1. The number of rotatable bonds is 5. The zero-order chi connectivity index (χ0) is 19.6. The predicted octanol–water partition coefficient (Wildman–Crippen LogP) is 3.37. The normalized spacial score (nSPS) is 13.3. The lowest BCUT2D eigenvalue weighted by Crippen LogP contribution is -2.06. The number of aromatic hydroxyl groups is 1. The molecule has 3 rings (SSSR count). The molecule has 0 atom stereocenters. The van der Waals surface area contributed by atoms with Gasteiger partial charge in [0.2, 0.25) is 5.75 Å². The summed E-state index contributed by atoms with van der Waals surface area (Å²) in [6.45, 7) is 0. The van der Waals surface area contributed by atoms with Crippen molar-refractivity contribution in [3.8, 4) is 28.7 Å². The number of carbonyl (C=O) groups excluding carboxylic acids is 1. The van der Waals surface area contributed by atoms with Crippen LogP contribution in [0.3, 0.4) is 0 Å². The van der Waals surface area contributed by atoms with Gasteiger partial charge in [0.1, 0.15) is 5.78 Å². The maximum Gasteiger partial charge on any atom is 0.203 e. The van der Waals surface area contributed by atoms with Gasteiger partial charge < -0.3 is 24.1 Å². The zero-order valence-corrected chi connectivity index (χ0v) is 15.8. The van der Waals surface area contributed by atoms with Crippen LogP contribution in [0.2, 0.25) is 0 Å². The van der Waals surface area contributed by atoms with Crippen molar-refractivity contribution in [3.05, 3.63) is 47.0 Å². The average Bonchev–Trinajstić information content (AvgIpc) is 2.84. The summed E-state index contributed by atoms with van der Waals surface area (Å²) in [6, 6.07) is 6.98. The van der Waals surface area contributed by atoms with Gasteiger partial charge >= 0.3 is 0 Å². The molecule has 0 fully saturated rings. The SMILES string of the molecule is COc1ccc(C2=CCC(=O)Cc3c2cc(OC)c(OC)c3OC)cc1O. The summed E-state index contributed by atoms with van der Waals surface area (Å²) in [5, 5.41) is 10.2. The maximum atomic E-state index is 12.4. The largest absolute Gasteiger partial charge is 0.504 e. The monoisotopic (exact) mass is 370 g/mol. The van der Waals surface area contributed by atoms with Crippen LogP contribution in [-0.2, 0) is 11.2 Å². The third kappa shape index (κ3) is 3.30. The number of hydrogen-bond acceptors (Lipinski definition) is 6. The molecular weight excluding hydrogens is 348 g/mol. The molecule has 1 aliphatic rings. The first-order chi connectivity index (χ1) is 13.0. The van der Waals surface area contributed by atoms with Crippen molar-refractivity contribution in [2.75, 3.05) is 28.4 Å². The van der Waals surface area contributed by atoms with Crippen molar-refractivity contribution >= 4 is 11.4 Å². The number of Topliss-reactive ketones (excluding diaryl/α,β-unsaturated/α-hetero) is 1. The van der Waals surface area contributed by atoms with Crippen LogP contribution in [0.15, 0.2) is 30.3 Å². The predicted molar refractivity (Wildman–Crippen MR) is 101 cm³/mol. The second-order valence-electron chi connectivity index (χ2n) is 6.10. The molecule has 2 aromatic carbocycles. The topological polar surface area (TPSA) is 74.2 Å². The number of allylic oxidation sites excluding steroid dienone is 1. The van der Waals surface area contributed by atoms with Crippen molar-refractivity contribution in [3.63, 3.8) is 0 Å². The lowest BCUT2D eigenvalue weighted by Gasteiger charge is -2.20. The van der Waals surface area contributed by atoms with Gasteiger partial charge in [-0.15, -0.1) is 0 Å². The highest BCUT2D eigenvalue weighted by Crippen LogP contribution is 2.46. The molecule has 0 spiro atoms. The van der Waals surface area contributed by atoms with Gasteiger partial charge in [0.25, 0.3) is 0 Å². The minimum atomic E-state index is 0.0282. The van der Waals surface area contributed by atoms with Crippen molar-refractivity contribution in [1.29, 1.82) is 0 Å². The van der Waals surface area contributed by atoms with E-state index in [2.05, 4.69) is 0 Å². The third-order valence-corrected chi connectivity index (χ3v) is 4.62. The lowest BCUT2D eigenvalue weighted by atomic mass is 9.92. The van der Waals surface area contributed by atoms with Crippen LogP contribution >= 0.6 is 0 Å². The lowest BCUT2D eigenvalue weighted by molar-refractivity contribution is -0.117. The van der Waals surface area contributed by atoms with Crippen LogP contribution in [0.5, 0.6) is 28.7 Å². The second-order valence-corrected chi connectivity index (χ2v) is 6.10. The highest BCUT2D eigenvalue weighted by molar-refractivity contribution is 5.94. The highest BCUT2D eigenvalue weighted by Gasteiger charge is 2.26. The molecule has 142 valence electrons. The average molecular weight is 370 g/mol. The molecule has 2 aromatic rings. The summed E-state index contributed by atoms with van der Waals surface area (Å²) >= 11 is 0. The Hall–Kier alpha value is -3.15. The Morgan fingerprint density at radius 3 is 2.19 bits per heavy atom. The van der Waals surface area contributed by atoms with E-state index < -0.39 is 0 Å². The Bertz CT molecular complexity index is 913. The van der Waals surface area contributed by atoms with Crippen LogP contribution in [0.1, 0.15) is 23.1 Å². The van der Waals surface area contributed by atoms with Crippen LogP contribution in [0.4, 0.5) is 0 Å². The molecule has 6 nitrogen and oxygen atoms in total. The minimum Gasteiger partial charge on any atom is -0.504 e. The molecule has 0 bridgehead atoms. The third-order valence-electron chi connectivity index (χ3n) is 4.62. The van der Waals surface area contributed by atoms with Crippen LogP contribution in [0.25, 0.3) is 5.57 Å². The first-order valence-corrected chi connectivity index (χ1v) is 8.45. The van der Waals surface area contributed by atoms with Gasteiger partial charge in [-0.2, -0.15) is 0 Å². The number of benzene rings is 2. The first-order valence-electron chi connectivity index (χ1n) is 8.45. The van der Waals surface area contributed by atoms with Gasteiger partial charge in [0.05, 0.1) is 28.4 Å². The molecule has 0 radical (unpaired) electrons. The van der Waals surface area contributed by atoms with E-state index in [9.17, 15) is 9.90 Å². The van der Waals surface area contributed by atoms with E-state index in [1.165, 1.54) is 21.3 Å². The molecule has 0 unspecified atom stereocenters. The Morgan fingerprint density at radius 2 is 1.59 bits per heavy atom. The fraction of sp³-hybridized carbons (Fsp3) is 0.286. The number of ketones is 1. The molecule has 27 heavy (non-hydrogen) atoms. The number of phenolic OH excluding ortho intramolecular Hbond substituents is 1. The van der Waals surface area contributed by atoms with Crippen LogP contribution < -0.4 is 18.9 Å². The number of methoxy groups -OCH3 is 4. The summed E-state index contributed by atoms with van der Waals surface area (Å²) in [5.41, 5.74) is 3.12. The van der Waals surface area contributed by atoms with Gasteiger partial charge in [-0.05, 0) is 34.9 Å². The van der Waals surface area contributed by atoms with E-state index in [0.29, 0.717) is 23.0 Å². The van der Waals surface area contributed by atoms with E-state index in [1.807, 2.05) is 18.2 Å². The van der Waals surface area contributed by atoms with Crippen molar-refractivity contribution in [2.45, 2.75) is 12.8 Å². The number of carbonyl (C=O) groups is 1. The molecule has 0 saturated carbocycles. The van der Waals surface area contributed by atoms with E-state index in [0.717, 1.165) is 22.3 Å². The molecule has 0 saturated heterocycles. The molecule has 1 N–H and O–H groups in total. The van der Waals surface area contributed by atoms with E-state index in [1.54, 1.807) is 19.2 Å². The smallest absolute Gasteiger partial charge is 0.203 e. The first kappa shape index (κ1) is 18.6. The molecule has 0 aromatic heterocycles. The Morgan fingerprint density at radius 1 is 0.889 bits per heavy atom. The quantitative estimate of drug-likeness (QED) is 0.870. The molecule has 1 aliphatic carbocycles. The van der Waals surface area contributed by atoms with Crippen molar-refractivity contribution in [1.82, 2.24) is 0 Å². The molecule has 0 aliphatic heterocycles. The van der Waals surface area contributed by atoms with E-state index in [-0.39, 0.29) is 24.4 Å². The number of ether oxygens (including phenoxy) is 4. The highest BCUT2D eigenvalue weighted by atomic mass is 16.5. The maximum absolute atomic E-state index is 12.4. The Kier molecular flexibility index (Phi) is 5.26. The van der Waals surface area contributed by atoms with Crippen molar-refractivity contribution < 1.29 is 28.8 Å². The van der Waals surface area contributed by atoms with Gasteiger partial charge in [-0.25, -0.2) is 0 Å². The molecular formula is C21H22O6. The van der Waals surface area contributed by atoms with E-state index in [4.69, 9.17) is 18.9 Å². The number of fused-ring (bicyclic) bond motifs is 1. The second kappa shape index (κ2) is 7.61. The summed E-state index contributed by atoms with van der Waals surface area (Å²) < 4.78 is 21.6. The summed E-state index contributed by atoms with van der Waals surface area (Å²) in [6.07, 6.45) is 2.37. The zero-order valence-electron chi connectivity index (χ0n) is 15.8. The van der Waals surface area contributed by atoms with Gasteiger partial charge in [-0.3, -0.25) is 4.79 Å². The summed E-state index contributed by atoms with van der Waals surface area (Å²) in [7, 11) is 6.11. The van der Waals surface area contributed by atoms with E-state index >= 15 is 0 Å². The standard InChI is InChI=1S/C21H22O6/c1-24-18-8-5-12(9-17(18)23)14-7-6-13(22)10-16-15(14)11-19(25-2)21(27-4)20(16)26-3/h5,7-9,11,23H,6,10H2,1-4H3. The molecule has 0 amide bonds. The fourth-order valence-electron chi connectivity index (χ4n) is 3.36. The van der Waals surface area contributed by atoms with Gasteiger partial charge in [0, 0.05) is 18.4 Å².